The van der Waals surface area contributed by atoms with Crippen molar-refractivity contribution in [3.8, 4) is 11.3 Å². The molecule has 0 saturated carbocycles. The molecule has 2 N–H and O–H groups in total. The highest BCUT2D eigenvalue weighted by molar-refractivity contribution is 6.30. The average molecular weight is 562 g/mol. The zero-order valence-corrected chi connectivity index (χ0v) is 22.7. The van der Waals surface area contributed by atoms with E-state index in [0.717, 1.165) is 54.6 Å². The van der Waals surface area contributed by atoms with Gasteiger partial charge in [-0.15, -0.1) is 5.10 Å². The van der Waals surface area contributed by atoms with E-state index in [2.05, 4.69) is 63.3 Å². The summed E-state index contributed by atoms with van der Waals surface area (Å²) in [4.78, 5) is 11.4. The summed E-state index contributed by atoms with van der Waals surface area (Å²) >= 11 is 6.11. The Morgan fingerprint density at radius 3 is 2.44 bits per heavy atom. The number of hydrogen-bond acceptors (Lipinski definition) is 5. The van der Waals surface area contributed by atoms with Crippen LogP contribution in [0.5, 0.6) is 0 Å². The van der Waals surface area contributed by atoms with Crippen LogP contribution in [-0.2, 0) is 11.3 Å². The lowest BCUT2D eigenvalue weighted by molar-refractivity contribution is -0.192. The second-order valence-electron chi connectivity index (χ2n) is 9.91. The number of aryl methyl sites for hydroxylation is 2. The van der Waals surface area contributed by atoms with Crippen molar-refractivity contribution >= 4 is 28.8 Å². The van der Waals surface area contributed by atoms with Gasteiger partial charge >= 0.3 is 12.1 Å². The number of carboxylic acid groups (broad SMARTS) is 1. The van der Waals surface area contributed by atoms with Gasteiger partial charge in [0.25, 0.3) is 0 Å². The SMILES string of the molecule is Cc1nnn2c1-c1ccc(C3=CCN(C(C)C)CC3)cc1C(Nc1ccc(Cl)cc1)CC2.O=C(O)C(F)(F)F. The molecular formula is C28H31ClF3N5O2. The van der Waals surface area contributed by atoms with Gasteiger partial charge in [-0.2, -0.15) is 13.2 Å². The predicted octanol–water partition coefficient (Wildman–Crippen LogP) is 6.59. The van der Waals surface area contributed by atoms with Crippen LogP contribution in [0.15, 0.2) is 48.5 Å². The second kappa shape index (κ2) is 11.8. The monoisotopic (exact) mass is 561 g/mol. The number of aromatic nitrogens is 3. The lowest BCUT2D eigenvalue weighted by Gasteiger charge is -2.30. The third kappa shape index (κ3) is 6.80. The van der Waals surface area contributed by atoms with E-state index in [1.165, 1.54) is 22.3 Å². The quantitative estimate of drug-likeness (QED) is 0.374. The summed E-state index contributed by atoms with van der Waals surface area (Å²) in [6, 6.07) is 15.7. The van der Waals surface area contributed by atoms with E-state index >= 15 is 0 Å². The standard InChI is InChI=1S/C26H30ClN5.C2HF3O2/c1-17(2)31-13-10-19(11-14-31)20-4-9-23-24(16-20)25(28-22-7-5-21(27)6-8-22)12-15-32-26(23)18(3)29-30-32;3-2(4,5)1(6)7/h4-10,16-17,25,28H,11-15H2,1-3H3;(H,6,7). The van der Waals surface area contributed by atoms with Gasteiger partial charge in [-0.3, -0.25) is 4.90 Å². The Balaban J connectivity index is 0.000000448. The molecule has 39 heavy (non-hydrogen) atoms. The smallest absolute Gasteiger partial charge is 0.475 e. The number of benzene rings is 2. The van der Waals surface area contributed by atoms with Gasteiger partial charge in [0, 0.05) is 41.9 Å². The molecule has 5 rings (SSSR count). The number of halogens is 4. The van der Waals surface area contributed by atoms with Crippen LogP contribution in [0.4, 0.5) is 18.9 Å². The molecule has 3 aromatic rings. The van der Waals surface area contributed by atoms with Gasteiger partial charge in [-0.1, -0.05) is 35.0 Å². The molecule has 0 saturated heterocycles. The Morgan fingerprint density at radius 2 is 1.85 bits per heavy atom. The fourth-order valence-corrected chi connectivity index (χ4v) is 5.00. The third-order valence-electron chi connectivity index (χ3n) is 6.98. The van der Waals surface area contributed by atoms with Crippen molar-refractivity contribution in [3.05, 3.63) is 70.4 Å². The van der Waals surface area contributed by atoms with Gasteiger partial charge in [-0.25, -0.2) is 9.48 Å². The molecule has 7 nitrogen and oxygen atoms in total. The van der Waals surface area contributed by atoms with Crippen molar-refractivity contribution in [2.75, 3.05) is 18.4 Å². The van der Waals surface area contributed by atoms with E-state index in [1.54, 1.807) is 0 Å². The van der Waals surface area contributed by atoms with Gasteiger partial charge in [0.1, 0.15) is 0 Å². The summed E-state index contributed by atoms with van der Waals surface area (Å²) in [5, 5.41) is 20.4. The molecule has 1 atom stereocenters. The van der Waals surface area contributed by atoms with Gasteiger partial charge in [0.15, 0.2) is 0 Å². The highest BCUT2D eigenvalue weighted by atomic mass is 35.5. The molecule has 2 aliphatic rings. The zero-order valence-electron chi connectivity index (χ0n) is 22.0. The Kier molecular flexibility index (Phi) is 8.66. The molecular weight excluding hydrogens is 531 g/mol. The molecule has 2 aromatic carbocycles. The minimum Gasteiger partial charge on any atom is -0.475 e. The van der Waals surface area contributed by atoms with Crippen molar-refractivity contribution in [3.63, 3.8) is 0 Å². The number of hydrogen-bond donors (Lipinski definition) is 2. The predicted molar refractivity (Wildman–Crippen MR) is 146 cm³/mol. The third-order valence-corrected chi connectivity index (χ3v) is 7.24. The summed E-state index contributed by atoms with van der Waals surface area (Å²) in [5.41, 5.74) is 8.51. The van der Waals surface area contributed by atoms with Gasteiger partial charge in [-0.05, 0) is 80.6 Å². The number of nitrogens with one attached hydrogen (secondary N) is 1. The molecule has 0 bridgehead atoms. The highest BCUT2D eigenvalue weighted by Crippen LogP contribution is 2.39. The second-order valence-corrected chi connectivity index (χ2v) is 10.3. The van der Waals surface area contributed by atoms with Crippen molar-refractivity contribution in [2.45, 2.75) is 58.4 Å². The molecule has 11 heteroatoms. The molecule has 1 unspecified atom stereocenters. The number of alkyl halides is 3. The molecule has 0 aliphatic carbocycles. The molecule has 0 radical (unpaired) electrons. The van der Waals surface area contributed by atoms with Crippen LogP contribution in [0.1, 0.15) is 49.6 Å². The van der Waals surface area contributed by atoms with E-state index < -0.39 is 12.1 Å². The number of fused-ring (bicyclic) bond motifs is 3. The number of carbonyl (C=O) groups is 1. The molecule has 208 valence electrons. The Labute approximate surface area is 230 Å². The van der Waals surface area contributed by atoms with Gasteiger partial charge < -0.3 is 10.4 Å². The molecule has 0 amide bonds. The Bertz CT molecular complexity index is 1350. The molecule has 1 aromatic heterocycles. The summed E-state index contributed by atoms with van der Waals surface area (Å²) in [6.45, 7) is 9.56. The van der Waals surface area contributed by atoms with Gasteiger partial charge in [0.05, 0.1) is 17.4 Å². The maximum atomic E-state index is 10.6. The lowest BCUT2D eigenvalue weighted by Crippen LogP contribution is -2.34. The van der Waals surface area contributed by atoms with Crippen LogP contribution in [0.3, 0.4) is 0 Å². The summed E-state index contributed by atoms with van der Waals surface area (Å²) in [6.07, 6.45) is -0.652. The van der Waals surface area contributed by atoms with Crippen LogP contribution in [0.2, 0.25) is 5.02 Å². The van der Waals surface area contributed by atoms with Crippen molar-refractivity contribution < 1.29 is 23.1 Å². The van der Waals surface area contributed by atoms with E-state index in [4.69, 9.17) is 21.5 Å². The van der Waals surface area contributed by atoms with Crippen LogP contribution >= 0.6 is 11.6 Å². The van der Waals surface area contributed by atoms with Crippen LogP contribution in [0, 0.1) is 6.92 Å². The normalized spacial score (nSPS) is 17.3. The first kappa shape index (κ1) is 28.6. The fraction of sp³-hybridized carbons (Fsp3) is 0.393. The number of rotatable bonds is 4. The van der Waals surface area contributed by atoms with Crippen molar-refractivity contribution in [1.82, 2.24) is 19.9 Å². The molecule has 0 fully saturated rings. The van der Waals surface area contributed by atoms with Crippen LogP contribution in [0.25, 0.3) is 16.8 Å². The zero-order chi connectivity index (χ0) is 28.3. The maximum absolute atomic E-state index is 10.6. The largest absolute Gasteiger partial charge is 0.490 e. The van der Waals surface area contributed by atoms with E-state index in [-0.39, 0.29) is 6.04 Å². The maximum Gasteiger partial charge on any atom is 0.490 e. The number of nitrogens with zero attached hydrogens (tertiary/aromatic N) is 4. The first-order valence-electron chi connectivity index (χ1n) is 12.7. The Hall–Kier alpha value is -3.37. The first-order valence-corrected chi connectivity index (χ1v) is 13.1. The molecule has 0 spiro atoms. The number of carboxylic acids is 1. The highest BCUT2D eigenvalue weighted by Gasteiger charge is 2.38. The molecule has 2 aliphatic heterocycles. The lowest BCUT2D eigenvalue weighted by atomic mass is 9.90. The van der Waals surface area contributed by atoms with Crippen molar-refractivity contribution in [1.29, 1.82) is 0 Å². The number of anilines is 1. The van der Waals surface area contributed by atoms with E-state index in [9.17, 15) is 13.2 Å². The minimum atomic E-state index is -5.08. The number of aliphatic carboxylic acids is 1. The fourth-order valence-electron chi connectivity index (χ4n) is 4.88. The van der Waals surface area contributed by atoms with Crippen LogP contribution in [-0.4, -0.2) is 56.3 Å². The first-order chi connectivity index (χ1) is 18.4. The summed E-state index contributed by atoms with van der Waals surface area (Å²) in [5.74, 6) is -2.76. The summed E-state index contributed by atoms with van der Waals surface area (Å²) in [7, 11) is 0. The average Bonchev–Trinajstić information content (AvgIpc) is 3.19. The minimum absolute atomic E-state index is 0.184. The van der Waals surface area contributed by atoms with Crippen molar-refractivity contribution in [2.24, 2.45) is 0 Å². The molecule has 3 heterocycles. The topological polar surface area (TPSA) is 83.3 Å². The van der Waals surface area contributed by atoms with E-state index in [1.807, 2.05) is 31.2 Å². The summed E-state index contributed by atoms with van der Waals surface area (Å²) < 4.78 is 33.8. The van der Waals surface area contributed by atoms with Gasteiger partial charge in [0.2, 0.25) is 0 Å². The van der Waals surface area contributed by atoms with Crippen LogP contribution < -0.4 is 5.32 Å². The Morgan fingerprint density at radius 1 is 1.15 bits per heavy atom. The van der Waals surface area contributed by atoms with E-state index in [0.29, 0.717) is 6.04 Å².